The molecule has 152 valence electrons. The van der Waals surface area contributed by atoms with Crippen LogP contribution in [-0.2, 0) is 0 Å². The SMILES string of the molecule is Cc1ccc(-c2ccc3c(C4CN(C(=O)c5ccco5)CCN4C)nnn3c2)cc1. The number of aryl methyl sites for hydroxylation is 1. The average molecular weight is 401 g/mol. The normalized spacial score (nSPS) is 17.5. The average Bonchev–Trinajstić information content (AvgIpc) is 3.44. The molecule has 0 bridgehead atoms. The fraction of sp³-hybridized carbons (Fsp3) is 0.261. The molecular formula is C23H23N5O2. The zero-order valence-corrected chi connectivity index (χ0v) is 17.0. The van der Waals surface area contributed by atoms with Crippen molar-refractivity contribution in [2.75, 3.05) is 26.7 Å². The molecule has 0 spiro atoms. The highest BCUT2D eigenvalue weighted by Gasteiger charge is 2.32. The van der Waals surface area contributed by atoms with Crippen molar-refractivity contribution in [2.24, 2.45) is 0 Å². The number of benzene rings is 1. The van der Waals surface area contributed by atoms with Crippen LogP contribution in [0.25, 0.3) is 16.6 Å². The molecule has 1 fully saturated rings. The van der Waals surface area contributed by atoms with Crippen molar-refractivity contribution in [1.29, 1.82) is 0 Å². The summed E-state index contributed by atoms with van der Waals surface area (Å²) >= 11 is 0. The highest BCUT2D eigenvalue weighted by molar-refractivity contribution is 5.91. The van der Waals surface area contributed by atoms with Gasteiger partial charge in [-0.2, -0.15) is 0 Å². The number of nitrogens with zero attached hydrogens (tertiary/aromatic N) is 5. The predicted octanol–water partition coefficient (Wildman–Crippen LogP) is 3.43. The van der Waals surface area contributed by atoms with Crippen molar-refractivity contribution in [3.05, 3.63) is 78.0 Å². The highest BCUT2D eigenvalue weighted by Crippen LogP contribution is 2.28. The van der Waals surface area contributed by atoms with Crippen molar-refractivity contribution in [1.82, 2.24) is 24.6 Å². The van der Waals surface area contributed by atoms with Crippen LogP contribution in [0.4, 0.5) is 0 Å². The first-order valence-electron chi connectivity index (χ1n) is 10.1. The summed E-state index contributed by atoms with van der Waals surface area (Å²) in [4.78, 5) is 16.8. The monoisotopic (exact) mass is 401 g/mol. The molecule has 1 saturated heterocycles. The van der Waals surface area contributed by atoms with E-state index >= 15 is 0 Å². The lowest BCUT2D eigenvalue weighted by Gasteiger charge is -2.38. The second kappa shape index (κ2) is 7.42. The quantitative estimate of drug-likeness (QED) is 0.526. The van der Waals surface area contributed by atoms with E-state index in [1.54, 1.807) is 12.1 Å². The number of amides is 1. The Hall–Kier alpha value is -3.45. The zero-order chi connectivity index (χ0) is 20.7. The fourth-order valence-corrected chi connectivity index (χ4v) is 3.98. The minimum Gasteiger partial charge on any atom is -0.459 e. The van der Waals surface area contributed by atoms with Gasteiger partial charge in [-0.25, -0.2) is 4.52 Å². The van der Waals surface area contributed by atoms with Crippen molar-refractivity contribution >= 4 is 11.4 Å². The van der Waals surface area contributed by atoms with Gasteiger partial charge in [-0.05, 0) is 37.7 Å². The first-order chi connectivity index (χ1) is 14.6. The van der Waals surface area contributed by atoms with Crippen LogP contribution in [0.15, 0.2) is 65.4 Å². The summed E-state index contributed by atoms with van der Waals surface area (Å²) in [5.74, 6) is 0.282. The van der Waals surface area contributed by atoms with Gasteiger partial charge in [0.05, 0.1) is 17.8 Å². The van der Waals surface area contributed by atoms with Crippen LogP contribution in [0, 0.1) is 6.92 Å². The van der Waals surface area contributed by atoms with Crippen molar-refractivity contribution in [3.8, 4) is 11.1 Å². The minimum absolute atomic E-state index is 0.0274. The Bertz CT molecular complexity index is 1180. The molecule has 0 saturated carbocycles. The summed E-state index contributed by atoms with van der Waals surface area (Å²) in [5.41, 5.74) is 5.30. The molecule has 1 unspecified atom stereocenters. The Morgan fingerprint density at radius 2 is 1.87 bits per heavy atom. The van der Waals surface area contributed by atoms with Crippen LogP contribution in [0.5, 0.6) is 0 Å². The molecule has 7 heteroatoms. The summed E-state index contributed by atoms with van der Waals surface area (Å²) in [7, 11) is 2.06. The van der Waals surface area contributed by atoms with E-state index in [-0.39, 0.29) is 11.9 Å². The maximum Gasteiger partial charge on any atom is 0.289 e. The Morgan fingerprint density at radius 3 is 2.63 bits per heavy atom. The van der Waals surface area contributed by atoms with E-state index in [1.165, 1.54) is 11.8 Å². The van der Waals surface area contributed by atoms with Crippen LogP contribution < -0.4 is 0 Å². The largest absolute Gasteiger partial charge is 0.459 e. The van der Waals surface area contributed by atoms with Gasteiger partial charge in [-0.1, -0.05) is 41.1 Å². The Morgan fingerprint density at radius 1 is 1.07 bits per heavy atom. The lowest BCUT2D eigenvalue weighted by Crippen LogP contribution is -2.49. The summed E-state index contributed by atoms with van der Waals surface area (Å²) in [6.45, 7) is 4.04. The molecule has 0 aliphatic carbocycles. The van der Waals surface area contributed by atoms with Gasteiger partial charge in [0.2, 0.25) is 0 Å². The molecule has 1 aliphatic heterocycles. The van der Waals surface area contributed by atoms with Gasteiger partial charge in [0.1, 0.15) is 5.69 Å². The number of carbonyl (C=O) groups is 1. The lowest BCUT2D eigenvalue weighted by atomic mass is 10.0. The van der Waals surface area contributed by atoms with Crippen LogP contribution in [-0.4, -0.2) is 57.2 Å². The van der Waals surface area contributed by atoms with Gasteiger partial charge < -0.3 is 9.32 Å². The molecular weight excluding hydrogens is 378 g/mol. The van der Waals surface area contributed by atoms with E-state index < -0.39 is 0 Å². The number of furan rings is 1. The Labute approximate surface area is 174 Å². The summed E-state index contributed by atoms with van der Waals surface area (Å²) in [6.07, 6.45) is 3.53. The lowest BCUT2D eigenvalue weighted by molar-refractivity contribution is 0.0513. The number of carbonyl (C=O) groups excluding carboxylic acids is 1. The molecule has 1 aliphatic rings. The third-order valence-corrected chi connectivity index (χ3v) is 5.81. The van der Waals surface area contributed by atoms with Gasteiger partial charge >= 0.3 is 0 Å². The molecule has 1 amide bonds. The maximum atomic E-state index is 12.7. The molecule has 7 nitrogen and oxygen atoms in total. The fourth-order valence-electron chi connectivity index (χ4n) is 3.98. The molecule has 5 rings (SSSR count). The number of aromatic nitrogens is 3. The third-order valence-electron chi connectivity index (χ3n) is 5.81. The Balaban J connectivity index is 1.44. The second-order valence-electron chi connectivity index (χ2n) is 7.81. The molecule has 1 aromatic carbocycles. The van der Waals surface area contributed by atoms with Gasteiger partial charge in [0, 0.05) is 31.4 Å². The molecule has 3 aromatic heterocycles. The molecule has 0 N–H and O–H groups in total. The number of pyridine rings is 1. The van der Waals surface area contributed by atoms with Crippen molar-refractivity contribution < 1.29 is 9.21 Å². The number of fused-ring (bicyclic) bond motifs is 1. The molecule has 1 atom stereocenters. The molecule has 4 heterocycles. The molecule has 30 heavy (non-hydrogen) atoms. The number of likely N-dealkylation sites (N-methyl/N-ethyl adjacent to an activating group) is 1. The van der Waals surface area contributed by atoms with E-state index in [0.717, 1.165) is 28.9 Å². The highest BCUT2D eigenvalue weighted by atomic mass is 16.3. The summed E-state index contributed by atoms with van der Waals surface area (Å²) in [5, 5.41) is 8.85. The van der Waals surface area contributed by atoms with Gasteiger partial charge in [-0.3, -0.25) is 9.69 Å². The number of piperazine rings is 1. The van der Waals surface area contributed by atoms with Crippen molar-refractivity contribution in [3.63, 3.8) is 0 Å². The zero-order valence-electron chi connectivity index (χ0n) is 17.0. The first-order valence-corrected chi connectivity index (χ1v) is 10.1. The van der Waals surface area contributed by atoms with Crippen LogP contribution in [0.1, 0.15) is 27.9 Å². The van der Waals surface area contributed by atoms with E-state index in [0.29, 0.717) is 18.8 Å². The van der Waals surface area contributed by atoms with E-state index in [2.05, 4.69) is 65.6 Å². The smallest absolute Gasteiger partial charge is 0.289 e. The Kier molecular flexibility index (Phi) is 4.59. The molecule has 0 radical (unpaired) electrons. The summed E-state index contributed by atoms with van der Waals surface area (Å²) in [6, 6.07) is 16.0. The second-order valence-corrected chi connectivity index (χ2v) is 7.81. The minimum atomic E-state index is -0.0868. The van der Waals surface area contributed by atoms with Gasteiger partial charge in [0.25, 0.3) is 5.91 Å². The van der Waals surface area contributed by atoms with Gasteiger partial charge in [-0.15, -0.1) is 5.10 Å². The van der Waals surface area contributed by atoms with Crippen molar-refractivity contribution in [2.45, 2.75) is 13.0 Å². The first kappa shape index (κ1) is 18.6. The van der Waals surface area contributed by atoms with E-state index in [9.17, 15) is 4.79 Å². The number of hydrogen-bond donors (Lipinski definition) is 0. The van der Waals surface area contributed by atoms with E-state index in [1.807, 2.05) is 15.6 Å². The third kappa shape index (κ3) is 3.27. The van der Waals surface area contributed by atoms with Crippen LogP contribution in [0.2, 0.25) is 0 Å². The standard InChI is InChI=1S/C23H23N5O2/c1-16-5-7-17(8-6-16)18-9-10-19-22(24-25-28(19)14-18)20-15-27(12-11-26(20)2)23(29)21-4-3-13-30-21/h3-10,13-14,20H,11-12,15H2,1-2H3. The number of rotatable bonds is 3. The summed E-state index contributed by atoms with van der Waals surface area (Å²) < 4.78 is 7.12. The van der Waals surface area contributed by atoms with Crippen LogP contribution in [0.3, 0.4) is 0 Å². The van der Waals surface area contributed by atoms with Gasteiger partial charge in [0.15, 0.2) is 5.76 Å². The maximum absolute atomic E-state index is 12.7. The number of hydrogen-bond acceptors (Lipinski definition) is 5. The van der Waals surface area contributed by atoms with E-state index in [4.69, 9.17) is 4.42 Å². The van der Waals surface area contributed by atoms with Crippen LogP contribution >= 0.6 is 0 Å². The predicted molar refractivity (Wildman–Crippen MR) is 113 cm³/mol. The topological polar surface area (TPSA) is 66.9 Å². The molecule has 4 aromatic rings.